The number of halogens is 1. The van der Waals surface area contributed by atoms with Gasteiger partial charge >= 0.3 is 5.69 Å². The molecule has 21 heavy (non-hydrogen) atoms. The van der Waals surface area contributed by atoms with Crippen LogP contribution in [0.1, 0.15) is 30.3 Å². The number of unbranched alkanes of at least 4 members (excludes halogenated alkanes) is 1. The molecule has 0 aliphatic rings. The Morgan fingerprint density at radius 3 is 2.71 bits per heavy atom. The zero-order valence-corrected chi connectivity index (χ0v) is 12.4. The maximum Gasteiger partial charge on any atom is 0.346 e. The zero-order valence-electron chi connectivity index (χ0n) is 11.6. The van der Waals surface area contributed by atoms with Gasteiger partial charge in [0.1, 0.15) is 5.69 Å². The van der Waals surface area contributed by atoms with Crippen molar-refractivity contribution in [2.24, 2.45) is 0 Å². The van der Waals surface area contributed by atoms with E-state index in [-0.39, 0.29) is 11.6 Å². The Hall–Kier alpha value is -2.14. The highest BCUT2D eigenvalue weighted by atomic mass is 35.5. The molecule has 0 saturated heterocycles. The Balaban J connectivity index is 2.27. The van der Waals surface area contributed by atoms with Gasteiger partial charge in [0.05, 0.1) is 5.69 Å². The third-order valence-electron chi connectivity index (χ3n) is 2.95. The molecule has 0 bridgehead atoms. The van der Waals surface area contributed by atoms with E-state index in [9.17, 15) is 9.59 Å². The zero-order chi connectivity index (χ0) is 15.2. The number of nitrogens with zero attached hydrogens (tertiary/aromatic N) is 1. The number of benzene rings is 1. The molecule has 0 unspecified atom stereocenters. The summed E-state index contributed by atoms with van der Waals surface area (Å²) in [7, 11) is 0. The molecular formula is C15H16ClN3O2. The number of hydrogen-bond donors (Lipinski definition) is 2. The maximum absolute atomic E-state index is 12.0. The average molecular weight is 306 g/mol. The topological polar surface area (TPSA) is 74.8 Å². The van der Waals surface area contributed by atoms with Crippen LogP contribution in [0.3, 0.4) is 0 Å². The lowest BCUT2D eigenvalue weighted by molar-refractivity contribution is 0.0947. The molecule has 0 saturated carbocycles. The Morgan fingerprint density at radius 1 is 1.33 bits per heavy atom. The van der Waals surface area contributed by atoms with E-state index in [0.717, 1.165) is 18.4 Å². The van der Waals surface area contributed by atoms with Crippen molar-refractivity contribution in [2.45, 2.75) is 19.8 Å². The van der Waals surface area contributed by atoms with Crippen LogP contribution in [0.4, 0.5) is 0 Å². The summed E-state index contributed by atoms with van der Waals surface area (Å²) in [6.07, 6.45) is 1.88. The van der Waals surface area contributed by atoms with Gasteiger partial charge in [-0.25, -0.2) is 4.79 Å². The van der Waals surface area contributed by atoms with Crippen LogP contribution in [0.5, 0.6) is 0 Å². The number of amides is 1. The summed E-state index contributed by atoms with van der Waals surface area (Å²) in [5.41, 5.74) is 0.823. The van der Waals surface area contributed by atoms with Crippen LogP contribution in [-0.4, -0.2) is 22.4 Å². The summed E-state index contributed by atoms with van der Waals surface area (Å²) >= 11 is 5.83. The number of hydrogen-bond acceptors (Lipinski definition) is 3. The van der Waals surface area contributed by atoms with E-state index in [1.165, 1.54) is 0 Å². The molecule has 0 fully saturated rings. The molecule has 5 nitrogen and oxygen atoms in total. The smallest absolute Gasteiger partial charge is 0.346 e. The largest absolute Gasteiger partial charge is 0.351 e. The fraction of sp³-hybridized carbons (Fsp3) is 0.267. The Morgan fingerprint density at radius 2 is 2.05 bits per heavy atom. The molecule has 2 N–H and O–H groups in total. The lowest BCUT2D eigenvalue weighted by atomic mass is 10.1. The van der Waals surface area contributed by atoms with Crippen LogP contribution in [0.2, 0.25) is 5.02 Å². The third-order valence-corrected chi connectivity index (χ3v) is 3.20. The van der Waals surface area contributed by atoms with Crippen molar-refractivity contribution < 1.29 is 4.79 Å². The minimum absolute atomic E-state index is 0.205. The Kier molecular flexibility index (Phi) is 5.11. The van der Waals surface area contributed by atoms with Gasteiger partial charge in [-0.15, -0.1) is 0 Å². The fourth-order valence-electron chi connectivity index (χ4n) is 1.82. The molecule has 0 atom stereocenters. The van der Waals surface area contributed by atoms with Gasteiger partial charge in [-0.3, -0.25) is 4.79 Å². The molecule has 1 amide bonds. The summed E-state index contributed by atoms with van der Waals surface area (Å²) in [6.45, 7) is 2.62. The lowest BCUT2D eigenvalue weighted by Crippen LogP contribution is -2.28. The van der Waals surface area contributed by atoms with Crippen molar-refractivity contribution in [2.75, 3.05) is 6.54 Å². The quantitative estimate of drug-likeness (QED) is 0.834. The highest BCUT2D eigenvalue weighted by molar-refractivity contribution is 6.30. The summed E-state index contributed by atoms with van der Waals surface area (Å²) in [6, 6.07) is 8.49. The second-order valence-corrected chi connectivity index (χ2v) is 5.04. The van der Waals surface area contributed by atoms with Crippen molar-refractivity contribution >= 4 is 17.5 Å². The van der Waals surface area contributed by atoms with Crippen LogP contribution < -0.4 is 11.0 Å². The fourth-order valence-corrected chi connectivity index (χ4v) is 1.95. The summed E-state index contributed by atoms with van der Waals surface area (Å²) in [5.74, 6) is -0.307. The standard InChI is InChI=1S/C15H16ClN3O2/c1-2-3-8-17-14(20)13-9-12(18-15(21)19-13)10-4-6-11(16)7-5-10/h4-7,9H,2-3,8H2,1H3,(H,17,20)(H,18,19,21). The van der Waals surface area contributed by atoms with Crippen molar-refractivity contribution in [3.63, 3.8) is 0 Å². The first-order chi connectivity index (χ1) is 10.1. The van der Waals surface area contributed by atoms with Crippen molar-refractivity contribution in [3.8, 4) is 11.3 Å². The Labute approximate surface area is 127 Å². The number of rotatable bonds is 5. The second kappa shape index (κ2) is 7.04. The molecule has 1 aromatic carbocycles. The van der Waals surface area contributed by atoms with Gasteiger partial charge in [-0.2, -0.15) is 4.98 Å². The highest BCUT2D eigenvalue weighted by Crippen LogP contribution is 2.18. The molecule has 6 heteroatoms. The van der Waals surface area contributed by atoms with E-state index >= 15 is 0 Å². The van der Waals surface area contributed by atoms with Crippen molar-refractivity contribution in [3.05, 3.63) is 51.5 Å². The first-order valence-corrected chi connectivity index (χ1v) is 7.13. The summed E-state index contributed by atoms with van der Waals surface area (Å²) in [4.78, 5) is 29.9. The first kappa shape index (κ1) is 15.3. The molecule has 0 spiro atoms. The number of nitrogens with one attached hydrogen (secondary N) is 2. The van der Waals surface area contributed by atoms with Gasteiger partial charge in [-0.05, 0) is 24.6 Å². The van der Waals surface area contributed by atoms with Crippen LogP contribution in [0, 0.1) is 0 Å². The first-order valence-electron chi connectivity index (χ1n) is 6.75. The lowest BCUT2D eigenvalue weighted by Gasteiger charge is -2.06. The molecule has 2 rings (SSSR count). The van der Waals surface area contributed by atoms with E-state index in [0.29, 0.717) is 17.3 Å². The third kappa shape index (κ3) is 4.16. The van der Waals surface area contributed by atoms with E-state index in [1.54, 1.807) is 30.3 Å². The Bertz CT molecular complexity index is 680. The predicted molar refractivity (Wildman–Crippen MR) is 82.5 cm³/mol. The molecule has 1 aromatic heterocycles. The maximum atomic E-state index is 12.0. The molecule has 1 heterocycles. The molecule has 0 radical (unpaired) electrons. The van der Waals surface area contributed by atoms with E-state index in [4.69, 9.17) is 11.6 Å². The number of aromatic amines is 1. The van der Waals surface area contributed by atoms with Gasteiger partial charge in [-0.1, -0.05) is 37.1 Å². The van der Waals surface area contributed by atoms with Gasteiger partial charge in [0.2, 0.25) is 0 Å². The molecule has 0 aliphatic carbocycles. The SMILES string of the molecule is CCCCNC(=O)c1cc(-c2ccc(Cl)cc2)nc(=O)[nH]1. The second-order valence-electron chi connectivity index (χ2n) is 4.60. The van der Waals surface area contributed by atoms with Crippen molar-refractivity contribution in [1.29, 1.82) is 0 Å². The highest BCUT2D eigenvalue weighted by Gasteiger charge is 2.10. The molecular weight excluding hydrogens is 290 g/mol. The van der Waals surface area contributed by atoms with Crippen molar-refractivity contribution in [1.82, 2.24) is 15.3 Å². The molecule has 2 aromatic rings. The van der Waals surface area contributed by atoms with E-state index in [2.05, 4.69) is 15.3 Å². The van der Waals surface area contributed by atoms with Gasteiger partial charge < -0.3 is 10.3 Å². The number of aromatic nitrogens is 2. The van der Waals surface area contributed by atoms with Gasteiger partial charge in [0.25, 0.3) is 5.91 Å². The average Bonchev–Trinajstić information content (AvgIpc) is 2.47. The van der Waals surface area contributed by atoms with Crippen LogP contribution in [-0.2, 0) is 0 Å². The number of carbonyl (C=O) groups excluding carboxylic acids is 1. The molecule has 110 valence electrons. The van der Waals surface area contributed by atoms with Gasteiger partial charge in [0.15, 0.2) is 0 Å². The van der Waals surface area contributed by atoms with Crippen LogP contribution >= 0.6 is 11.6 Å². The monoisotopic (exact) mass is 305 g/mol. The van der Waals surface area contributed by atoms with Crippen LogP contribution in [0.25, 0.3) is 11.3 Å². The minimum Gasteiger partial charge on any atom is -0.351 e. The summed E-state index contributed by atoms with van der Waals surface area (Å²) < 4.78 is 0. The molecule has 0 aliphatic heterocycles. The number of H-pyrrole nitrogens is 1. The van der Waals surface area contributed by atoms with E-state index < -0.39 is 5.69 Å². The predicted octanol–water partition coefficient (Wildman–Crippen LogP) is 2.62. The summed E-state index contributed by atoms with van der Waals surface area (Å²) in [5, 5.41) is 3.36. The minimum atomic E-state index is -0.553. The normalized spacial score (nSPS) is 10.4. The van der Waals surface area contributed by atoms with Crippen LogP contribution in [0.15, 0.2) is 35.1 Å². The van der Waals surface area contributed by atoms with Gasteiger partial charge in [0, 0.05) is 17.1 Å². The number of carbonyl (C=O) groups is 1. The van der Waals surface area contributed by atoms with E-state index in [1.807, 2.05) is 6.92 Å².